The van der Waals surface area contributed by atoms with Crippen molar-refractivity contribution in [2.24, 2.45) is 0 Å². The zero-order chi connectivity index (χ0) is 33.8. The second-order valence-electron chi connectivity index (χ2n) is 13.6. The van der Waals surface area contributed by atoms with Crippen LogP contribution in [0.25, 0.3) is 77.8 Å². The monoisotopic (exact) mass is 633 g/mol. The number of fused-ring (bicyclic) bond motifs is 3. The van der Waals surface area contributed by atoms with E-state index in [0.29, 0.717) is 0 Å². The first-order valence-corrected chi connectivity index (χ1v) is 17.0. The first-order chi connectivity index (χ1) is 23.7. The summed E-state index contributed by atoms with van der Waals surface area (Å²) in [5.41, 5.74) is 21.0. The predicted octanol–water partition coefficient (Wildman–Crippen LogP) is 12.3. The minimum absolute atomic E-state index is 0.855. The third kappa shape index (κ3) is 5.42. The van der Waals surface area contributed by atoms with Gasteiger partial charge in [0, 0.05) is 28.1 Å². The average Bonchev–Trinajstić information content (AvgIpc) is 3.46. The maximum absolute atomic E-state index is 5.22. The minimum atomic E-state index is 0.855. The van der Waals surface area contributed by atoms with Gasteiger partial charge in [-0.05, 0) is 140 Å². The lowest BCUT2D eigenvalue weighted by molar-refractivity contribution is 1.25. The van der Waals surface area contributed by atoms with Crippen LogP contribution in [0.4, 0.5) is 0 Å². The van der Waals surface area contributed by atoms with E-state index in [4.69, 9.17) is 4.98 Å². The van der Waals surface area contributed by atoms with Crippen molar-refractivity contribution in [3.63, 3.8) is 0 Å². The van der Waals surface area contributed by atoms with Crippen LogP contribution in [0, 0.1) is 41.5 Å². The zero-order valence-electron chi connectivity index (χ0n) is 28.9. The second-order valence-corrected chi connectivity index (χ2v) is 13.6. The summed E-state index contributed by atoms with van der Waals surface area (Å²) in [6, 6.07) is 41.6. The lowest BCUT2D eigenvalue weighted by atomic mass is 9.89. The van der Waals surface area contributed by atoms with Gasteiger partial charge in [-0.2, -0.15) is 0 Å². The number of H-pyrrole nitrogens is 1. The molecule has 3 heteroatoms. The van der Waals surface area contributed by atoms with Gasteiger partial charge in [0.15, 0.2) is 0 Å². The van der Waals surface area contributed by atoms with Gasteiger partial charge in [0.2, 0.25) is 0 Å². The topological polar surface area (TPSA) is 41.6 Å². The largest absolute Gasteiger partial charge is 0.353 e. The molecule has 5 aromatic carbocycles. The molecular formula is C46H39N3. The summed E-state index contributed by atoms with van der Waals surface area (Å²) in [6.07, 6.45) is 1.82. The summed E-state index contributed by atoms with van der Waals surface area (Å²) in [5.74, 6) is 0. The predicted molar refractivity (Wildman–Crippen MR) is 207 cm³/mol. The fraction of sp³-hybridized carbons (Fsp3) is 0.130. The van der Waals surface area contributed by atoms with Gasteiger partial charge in [0.05, 0.1) is 28.1 Å². The Balaban J connectivity index is 1.49. The smallest absolute Gasteiger partial charge is 0.0893 e. The van der Waals surface area contributed by atoms with E-state index < -0.39 is 0 Å². The Morgan fingerprint density at radius 3 is 1.51 bits per heavy atom. The van der Waals surface area contributed by atoms with Gasteiger partial charge in [-0.15, -0.1) is 0 Å². The Morgan fingerprint density at radius 1 is 0.429 bits per heavy atom. The van der Waals surface area contributed by atoms with Crippen molar-refractivity contribution < 1.29 is 0 Å². The molecule has 0 aliphatic rings. The fourth-order valence-corrected chi connectivity index (χ4v) is 7.95. The molecular weight excluding hydrogens is 595 g/mol. The molecule has 0 radical (unpaired) electrons. The van der Waals surface area contributed by atoms with Crippen LogP contribution in [0.5, 0.6) is 0 Å². The van der Waals surface area contributed by atoms with E-state index in [-0.39, 0.29) is 0 Å². The van der Waals surface area contributed by atoms with Crippen molar-refractivity contribution in [2.45, 2.75) is 41.5 Å². The number of nitrogens with one attached hydrogen (secondary N) is 1. The van der Waals surface area contributed by atoms with Gasteiger partial charge in [-0.1, -0.05) is 77.9 Å². The summed E-state index contributed by atoms with van der Waals surface area (Å²) in [5, 5.41) is 2.39. The van der Waals surface area contributed by atoms with Crippen molar-refractivity contribution in [2.75, 3.05) is 0 Å². The average molecular weight is 634 g/mol. The van der Waals surface area contributed by atoms with Crippen molar-refractivity contribution in [1.29, 1.82) is 0 Å². The molecule has 0 saturated carbocycles. The number of pyridine rings is 2. The van der Waals surface area contributed by atoms with E-state index in [9.17, 15) is 0 Å². The highest BCUT2D eigenvalue weighted by molar-refractivity contribution is 6.17. The molecule has 1 N–H and O–H groups in total. The third-order valence-electron chi connectivity index (χ3n) is 9.79. The van der Waals surface area contributed by atoms with Crippen molar-refractivity contribution in [1.82, 2.24) is 15.0 Å². The number of nitrogens with zero attached hydrogens (tertiary/aromatic N) is 2. The normalized spacial score (nSPS) is 11.5. The van der Waals surface area contributed by atoms with Crippen molar-refractivity contribution in [3.05, 3.63) is 155 Å². The van der Waals surface area contributed by atoms with Crippen LogP contribution in [0.2, 0.25) is 0 Å². The number of benzene rings is 5. The number of aromatic amines is 1. The lowest BCUT2D eigenvalue weighted by Crippen LogP contribution is -1.94. The van der Waals surface area contributed by atoms with E-state index >= 15 is 0 Å². The van der Waals surface area contributed by atoms with Crippen LogP contribution in [0.15, 0.2) is 121 Å². The Hall–Kier alpha value is -5.80. The molecule has 0 saturated heterocycles. The van der Waals surface area contributed by atoms with Crippen molar-refractivity contribution >= 4 is 21.8 Å². The van der Waals surface area contributed by atoms with Gasteiger partial charge in [0.25, 0.3) is 0 Å². The number of hydrogen-bond donors (Lipinski definition) is 1. The van der Waals surface area contributed by atoms with E-state index in [1.54, 1.807) is 0 Å². The molecule has 0 bridgehead atoms. The van der Waals surface area contributed by atoms with Crippen LogP contribution in [0.3, 0.4) is 0 Å². The summed E-state index contributed by atoms with van der Waals surface area (Å²) in [4.78, 5) is 13.8. The Kier molecular flexibility index (Phi) is 7.49. The summed E-state index contributed by atoms with van der Waals surface area (Å²) >= 11 is 0. The van der Waals surface area contributed by atoms with Gasteiger partial charge in [0.1, 0.15) is 0 Å². The molecule has 0 unspecified atom stereocenters. The number of aryl methyl sites for hydroxylation is 6. The highest BCUT2D eigenvalue weighted by atomic mass is 14.8. The van der Waals surface area contributed by atoms with E-state index in [1.165, 1.54) is 77.5 Å². The molecule has 8 rings (SSSR count). The Bertz CT molecular complexity index is 2490. The first-order valence-electron chi connectivity index (χ1n) is 17.0. The van der Waals surface area contributed by atoms with Crippen molar-refractivity contribution in [3.8, 4) is 56.0 Å². The minimum Gasteiger partial charge on any atom is -0.353 e. The molecule has 238 valence electrons. The molecule has 0 amide bonds. The molecule has 3 heterocycles. The molecule has 0 fully saturated rings. The molecule has 3 nitrogen and oxygen atoms in total. The lowest BCUT2D eigenvalue weighted by Gasteiger charge is -2.15. The number of aromatic nitrogens is 3. The standard InChI is InChI=1S/C46H39N3/c1-27-19-29(3)43(30(4)20-27)34-23-36(33-13-8-7-9-14-33)45-37(24-34)38-25-35(44-31(5)21-28(2)22-32(44)6)26-39(46(38)49-45)40-16-12-17-42(48-40)41-15-10-11-18-47-41/h7-26,49H,1-6H3. The number of rotatable bonds is 5. The zero-order valence-corrected chi connectivity index (χ0v) is 28.9. The molecule has 0 aliphatic carbocycles. The van der Waals surface area contributed by atoms with Crippen LogP contribution in [-0.2, 0) is 0 Å². The summed E-state index contributed by atoms with van der Waals surface area (Å²) in [6.45, 7) is 13.3. The van der Waals surface area contributed by atoms with Gasteiger partial charge in [-0.3, -0.25) is 4.98 Å². The maximum atomic E-state index is 5.22. The van der Waals surface area contributed by atoms with Crippen LogP contribution < -0.4 is 0 Å². The first kappa shape index (κ1) is 30.5. The maximum Gasteiger partial charge on any atom is 0.0893 e. The summed E-state index contributed by atoms with van der Waals surface area (Å²) in [7, 11) is 0. The van der Waals surface area contributed by atoms with Crippen LogP contribution in [-0.4, -0.2) is 15.0 Å². The molecule has 49 heavy (non-hydrogen) atoms. The Morgan fingerprint density at radius 2 is 0.939 bits per heavy atom. The highest BCUT2D eigenvalue weighted by Gasteiger charge is 2.20. The highest BCUT2D eigenvalue weighted by Crippen LogP contribution is 2.44. The van der Waals surface area contributed by atoms with Gasteiger partial charge >= 0.3 is 0 Å². The van der Waals surface area contributed by atoms with Crippen LogP contribution in [0.1, 0.15) is 33.4 Å². The van der Waals surface area contributed by atoms with Gasteiger partial charge in [-0.25, -0.2) is 4.98 Å². The SMILES string of the molecule is Cc1cc(C)c(-c2cc(-c3ccccc3)c3[nH]c4c(-c5cccc(-c6ccccn6)n5)cc(-c5c(C)cc(C)cc5C)cc4c3c2)c(C)c1. The quantitative estimate of drug-likeness (QED) is 0.205. The van der Waals surface area contributed by atoms with E-state index in [1.807, 2.05) is 30.5 Å². The van der Waals surface area contributed by atoms with Crippen LogP contribution >= 0.6 is 0 Å². The summed E-state index contributed by atoms with van der Waals surface area (Å²) < 4.78 is 0. The molecule has 8 aromatic rings. The Labute approximate surface area is 288 Å². The molecule has 3 aromatic heterocycles. The number of hydrogen-bond acceptors (Lipinski definition) is 2. The molecule has 0 aliphatic heterocycles. The van der Waals surface area contributed by atoms with Gasteiger partial charge < -0.3 is 4.98 Å². The van der Waals surface area contributed by atoms with E-state index in [0.717, 1.165) is 33.7 Å². The van der Waals surface area contributed by atoms with E-state index in [2.05, 4.69) is 143 Å². The molecule has 0 spiro atoms. The fourth-order valence-electron chi connectivity index (χ4n) is 7.95. The third-order valence-corrected chi connectivity index (χ3v) is 9.79. The second kappa shape index (κ2) is 12.0. The molecule has 0 atom stereocenters.